The molecule has 1 aromatic carbocycles. The summed E-state index contributed by atoms with van der Waals surface area (Å²) in [6.07, 6.45) is 3.71. The number of likely N-dealkylation sites (tertiary alicyclic amines) is 1. The summed E-state index contributed by atoms with van der Waals surface area (Å²) < 4.78 is 10.8. The fourth-order valence-electron chi connectivity index (χ4n) is 3.18. The minimum atomic E-state index is 0. The molecule has 1 saturated heterocycles. The van der Waals surface area contributed by atoms with E-state index in [4.69, 9.17) is 9.47 Å². The van der Waals surface area contributed by atoms with E-state index in [0.717, 1.165) is 44.0 Å². The minimum absolute atomic E-state index is 0. The Hall–Kier alpha value is -1.46. The first-order valence-electron chi connectivity index (χ1n) is 8.31. The maximum Gasteiger partial charge on any atom is 0.227 e. The molecule has 0 bridgehead atoms. The number of benzene rings is 1. The van der Waals surface area contributed by atoms with Crippen molar-refractivity contribution in [1.82, 2.24) is 10.2 Å². The number of hydrogen-bond donors (Lipinski definition) is 1. The van der Waals surface area contributed by atoms with Crippen LogP contribution in [0.1, 0.15) is 24.8 Å². The van der Waals surface area contributed by atoms with Gasteiger partial charge in [-0.05, 0) is 50.9 Å². The molecule has 1 aromatic rings. The molecule has 1 N–H and O–H groups in total. The third kappa shape index (κ3) is 5.28. The van der Waals surface area contributed by atoms with Crippen LogP contribution in [0.2, 0.25) is 0 Å². The maximum absolute atomic E-state index is 12.6. The van der Waals surface area contributed by atoms with Crippen LogP contribution in [-0.2, 0) is 11.2 Å². The van der Waals surface area contributed by atoms with Crippen LogP contribution in [0.3, 0.4) is 0 Å². The molecule has 6 heteroatoms. The molecule has 5 nitrogen and oxygen atoms in total. The Morgan fingerprint density at radius 1 is 1.21 bits per heavy atom. The summed E-state index contributed by atoms with van der Waals surface area (Å²) in [5.74, 6) is 2.30. The highest BCUT2D eigenvalue weighted by Gasteiger charge is 2.24. The predicted molar refractivity (Wildman–Crippen MR) is 98.3 cm³/mol. The topological polar surface area (TPSA) is 50.8 Å². The molecule has 24 heavy (non-hydrogen) atoms. The van der Waals surface area contributed by atoms with Crippen molar-refractivity contribution in [3.8, 4) is 11.5 Å². The Balaban J connectivity index is 0.00000288. The maximum atomic E-state index is 12.6. The van der Waals surface area contributed by atoms with E-state index >= 15 is 0 Å². The van der Waals surface area contributed by atoms with E-state index in [-0.39, 0.29) is 18.3 Å². The SMILES string of the molecule is CNCCC1CCN(C(=O)Cc2c(OC)cccc2OC)CC1.Cl. The van der Waals surface area contributed by atoms with Crippen LogP contribution in [0.4, 0.5) is 0 Å². The predicted octanol–water partition coefficient (Wildman–Crippen LogP) is 2.52. The van der Waals surface area contributed by atoms with Gasteiger partial charge < -0.3 is 19.7 Å². The van der Waals surface area contributed by atoms with Crippen LogP contribution in [0.15, 0.2) is 18.2 Å². The molecule has 0 saturated carbocycles. The van der Waals surface area contributed by atoms with Crippen molar-refractivity contribution in [2.24, 2.45) is 5.92 Å². The molecule has 136 valence electrons. The number of amides is 1. The minimum Gasteiger partial charge on any atom is -0.496 e. The van der Waals surface area contributed by atoms with Gasteiger partial charge in [-0.3, -0.25) is 4.79 Å². The monoisotopic (exact) mass is 356 g/mol. The largest absolute Gasteiger partial charge is 0.496 e. The molecule has 0 aliphatic carbocycles. The number of carbonyl (C=O) groups is 1. The van der Waals surface area contributed by atoms with Crippen LogP contribution in [0.25, 0.3) is 0 Å². The summed E-state index contributed by atoms with van der Waals surface area (Å²) in [6.45, 7) is 2.76. The standard InChI is InChI=1S/C18H28N2O3.ClH/c1-19-10-7-14-8-11-20(12-9-14)18(21)13-15-16(22-2)5-4-6-17(15)23-3;/h4-6,14,19H,7-13H2,1-3H3;1H. The van der Waals surface area contributed by atoms with Crippen molar-refractivity contribution in [3.63, 3.8) is 0 Å². The van der Waals surface area contributed by atoms with Gasteiger partial charge in [0.05, 0.1) is 20.6 Å². The van der Waals surface area contributed by atoms with Crippen LogP contribution in [0.5, 0.6) is 11.5 Å². The highest BCUT2D eigenvalue weighted by molar-refractivity contribution is 5.85. The number of hydrogen-bond acceptors (Lipinski definition) is 4. The Labute approximate surface area is 151 Å². The van der Waals surface area contributed by atoms with Crippen molar-refractivity contribution in [2.45, 2.75) is 25.7 Å². The zero-order chi connectivity index (χ0) is 16.7. The highest BCUT2D eigenvalue weighted by atomic mass is 35.5. The molecule has 2 rings (SSSR count). The molecule has 1 aliphatic heterocycles. The lowest BCUT2D eigenvalue weighted by molar-refractivity contribution is -0.131. The van der Waals surface area contributed by atoms with Crippen molar-refractivity contribution in [3.05, 3.63) is 23.8 Å². The summed E-state index contributed by atoms with van der Waals surface area (Å²) in [5, 5.41) is 3.20. The smallest absolute Gasteiger partial charge is 0.227 e. The normalized spacial score (nSPS) is 14.9. The van der Waals surface area contributed by atoms with Gasteiger partial charge >= 0.3 is 0 Å². The van der Waals surface area contributed by atoms with Gasteiger partial charge in [0, 0.05) is 18.7 Å². The molecule has 1 amide bonds. The van der Waals surface area contributed by atoms with Gasteiger partial charge in [-0.2, -0.15) is 0 Å². The van der Waals surface area contributed by atoms with E-state index in [2.05, 4.69) is 5.32 Å². The highest BCUT2D eigenvalue weighted by Crippen LogP contribution is 2.29. The number of halogens is 1. The molecule has 0 spiro atoms. The molecule has 0 aromatic heterocycles. The third-order valence-electron chi connectivity index (χ3n) is 4.63. The van der Waals surface area contributed by atoms with E-state index in [1.807, 2.05) is 30.1 Å². The van der Waals surface area contributed by atoms with Crippen LogP contribution >= 0.6 is 12.4 Å². The second kappa shape index (κ2) is 10.4. The number of nitrogens with zero attached hydrogens (tertiary/aromatic N) is 1. The van der Waals surface area contributed by atoms with Crippen LogP contribution in [0, 0.1) is 5.92 Å². The van der Waals surface area contributed by atoms with Gasteiger partial charge in [0.1, 0.15) is 11.5 Å². The van der Waals surface area contributed by atoms with E-state index in [9.17, 15) is 4.79 Å². The molecule has 1 heterocycles. The fraction of sp³-hybridized carbons (Fsp3) is 0.611. The lowest BCUT2D eigenvalue weighted by Gasteiger charge is -2.32. The number of piperidine rings is 1. The van der Waals surface area contributed by atoms with Gasteiger partial charge in [0.15, 0.2) is 0 Å². The summed E-state index contributed by atoms with van der Waals surface area (Å²) >= 11 is 0. The van der Waals surface area contributed by atoms with E-state index < -0.39 is 0 Å². The van der Waals surface area contributed by atoms with Crippen molar-refractivity contribution < 1.29 is 14.3 Å². The zero-order valence-electron chi connectivity index (χ0n) is 14.8. The number of rotatable bonds is 7. The Kier molecular flexibility index (Phi) is 8.93. The molecule has 0 radical (unpaired) electrons. The first-order chi connectivity index (χ1) is 11.2. The number of carbonyl (C=O) groups excluding carboxylic acids is 1. The summed E-state index contributed by atoms with van der Waals surface area (Å²) in [7, 11) is 5.23. The van der Waals surface area contributed by atoms with E-state index in [1.165, 1.54) is 6.42 Å². The Morgan fingerprint density at radius 2 is 1.79 bits per heavy atom. The van der Waals surface area contributed by atoms with Gasteiger partial charge in [-0.1, -0.05) is 6.07 Å². The van der Waals surface area contributed by atoms with Gasteiger partial charge in [-0.25, -0.2) is 0 Å². The fourth-order valence-corrected chi connectivity index (χ4v) is 3.18. The summed E-state index contributed by atoms with van der Waals surface area (Å²) in [6, 6.07) is 5.61. The van der Waals surface area contributed by atoms with Crippen molar-refractivity contribution >= 4 is 18.3 Å². The summed E-state index contributed by atoms with van der Waals surface area (Å²) in [5.41, 5.74) is 0.833. The average Bonchev–Trinajstić information content (AvgIpc) is 2.60. The van der Waals surface area contributed by atoms with Gasteiger partial charge in [0.2, 0.25) is 5.91 Å². The van der Waals surface area contributed by atoms with Crippen LogP contribution in [-0.4, -0.2) is 51.7 Å². The third-order valence-corrected chi connectivity index (χ3v) is 4.63. The first-order valence-corrected chi connectivity index (χ1v) is 8.31. The molecular weight excluding hydrogens is 328 g/mol. The zero-order valence-corrected chi connectivity index (χ0v) is 15.7. The second-order valence-electron chi connectivity index (χ2n) is 6.03. The Bertz CT molecular complexity index is 495. The number of nitrogens with one attached hydrogen (secondary N) is 1. The van der Waals surface area contributed by atoms with Crippen molar-refractivity contribution in [2.75, 3.05) is 40.9 Å². The lowest BCUT2D eigenvalue weighted by atomic mass is 9.93. The van der Waals surface area contributed by atoms with E-state index in [1.54, 1.807) is 14.2 Å². The molecule has 0 atom stereocenters. The number of methoxy groups -OCH3 is 2. The van der Waals surface area contributed by atoms with Crippen LogP contribution < -0.4 is 14.8 Å². The summed E-state index contributed by atoms with van der Waals surface area (Å²) in [4.78, 5) is 14.6. The second-order valence-corrected chi connectivity index (χ2v) is 6.03. The first kappa shape index (κ1) is 20.6. The van der Waals surface area contributed by atoms with Gasteiger partial charge in [-0.15, -0.1) is 12.4 Å². The van der Waals surface area contributed by atoms with Crippen molar-refractivity contribution in [1.29, 1.82) is 0 Å². The molecule has 1 aliphatic rings. The number of ether oxygens (including phenoxy) is 2. The lowest BCUT2D eigenvalue weighted by Crippen LogP contribution is -2.39. The molecule has 1 fully saturated rings. The Morgan fingerprint density at radius 3 is 2.29 bits per heavy atom. The average molecular weight is 357 g/mol. The molecule has 0 unspecified atom stereocenters. The molecular formula is C18H29ClN2O3. The van der Waals surface area contributed by atoms with Gasteiger partial charge in [0.25, 0.3) is 0 Å². The van der Waals surface area contributed by atoms with E-state index in [0.29, 0.717) is 17.9 Å². The quantitative estimate of drug-likeness (QED) is 0.815.